The van der Waals surface area contributed by atoms with Gasteiger partial charge in [0.1, 0.15) is 11.5 Å². The summed E-state index contributed by atoms with van der Waals surface area (Å²) in [6.07, 6.45) is 0.988. The molecule has 0 aliphatic heterocycles. The van der Waals surface area contributed by atoms with Crippen LogP contribution in [-0.2, 0) is 6.42 Å². The summed E-state index contributed by atoms with van der Waals surface area (Å²) in [4.78, 5) is 0. The van der Waals surface area contributed by atoms with Gasteiger partial charge < -0.3 is 4.74 Å². The summed E-state index contributed by atoms with van der Waals surface area (Å²) in [5.74, 6) is 1.89. The van der Waals surface area contributed by atoms with E-state index in [9.17, 15) is 0 Å². The van der Waals surface area contributed by atoms with E-state index in [1.807, 2.05) is 36.4 Å². The zero-order valence-electron chi connectivity index (χ0n) is 9.73. The number of aryl methyl sites for hydroxylation is 2. The second kappa shape index (κ2) is 4.84. The third-order valence-electron chi connectivity index (χ3n) is 2.67. The van der Waals surface area contributed by atoms with E-state index in [4.69, 9.17) is 4.74 Å². The molecule has 2 rings (SSSR count). The summed E-state index contributed by atoms with van der Waals surface area (Å²) in [6, 6.07) is 16.3. The Hall–Kier alpha value is -1.76. The van der Waals surface area contributed by atoms with Crippen molar-refractivity contribution in [3.63, 3.8) is 0 Å². The molecule has 0 bridgehead atoms. The maximum absolute atomic E-state index is 5.93. The zero-order valence-corrected chi connectivity index (χ0v) is 9.73. The Morgan fingerprint density at radius 3 is 2.19 bits per heavy atom. The molecule has 2 aromatic carbocycles. The van der Waals surface area contributed by atoms with Gasteiger partial charge in [0, 0.05) is 0 Å². The van der Waals surface area contributed by atoms with Crippen molar-refractivity contribution >= 4 is 0 Å². The van der Waals surface area contributed by atoms with Gasteiger partial charge in [-0.15, -0.1) is 0 Å². The normalized spacial score (nSPS) is 10.1. The van der Waals surface area contributed by atoms with E-state index in [2.05, 4.69) is 26.0 Å². The predicted octanol–water partition coefficient (Wildman–Crippen LogP) is 4.35. The van der Waals surface area contributed by atoms with Crippen LogP contribution in [0.2, 0.25) is 0 Å². The standard InChI is InChI=1S/C15H16O/c1-3-13-9-5-7-11-15(13)16-14-10-6-4-8-12(14)2/h4-11H,3H2,1-2H3. The Labute approximate surface area is 96.7 Å². The molecule has 0 aliphatic carbocycles. The average Bonchev–Trinajstić information content (AvgIpc) is 2.33. The molecule has 1 heteroatoms. The van der Waals surface area contributed by atoms with Gasteiger partial charge in [0.2, 0.25) is 0 Å². The smallest absolute Gasteiger partial charge is 0.130 e. The molecule has 82 valence electrons. The van der Waals surface area contributed by atoms with Crippen LogP contribution in [0.1, 0.15) is 18.1 Å². The minimum absolute atomic E-state index is 0.934. The van der Waals surface area contributed by atoms with Crippen molar-refractivity contribution in [3.05, 3.63) is 59.7 Å². The molecule has 0 saturated heterocycles. The van der Waals surface area contributed by atoms with Crippen LogP contribution in [0.4, 0.5) is 0 Å². The van der Waals surface area contributed by atoms with Gasteiger partial charge in [-0.25, -0.2) is 0 Å². The van der Waals surface area contributed by atoms with Crippen LogP contribution in [0.15, 0.2) is 48.5 Å². The van der Waals surface area contributed by atoms with Crippen molar-refractivity contribution in [3.8, 4) is 11.5 Å². The first-order chi connectivity index (χ1) is 7.81. The Morgan fingerprint density at radius 1 is 0.875 bits per heavy atom. The van der Waals surface area contributed by atoms with Crippen LogP contribution in [0.25, 0.3) is 0 Å². The summed E-state index contributed by atoms with van der Waals surface area (Å²) in [5.41, 5.74) is 2.40. The van der Waals surface area contributed by atoms with E-state index in [-0.39, 0.29) is 0 Å². The molecule has 0 spiro atoms. The van der Waals surface area contributed by atoms with Gasteiger partial charge in [0.15, 0.2) is 0 Å². The van der Waals surface area contributed by atoms with Gasteiger partial charge in [-0.3, -0.25) is 0 Å². The molecule has 0 fully saturated rings. The Bertz CT molecular complexity index is 474. The van der Waals surface area contributed by atoms with Crippen LogP contribution in [-0.4, -0.2) is 0 Å². The third kappa shape index (κ3) is 2.25. The Balaban J connectivity index is 2.30. The Morgan fingerprint density at radius 2 is 1.50 bits per heavy atom. The highest BCUT2D eigenvalue weighted by Gasteiger charge is 2.03. The van der Waals surface area contributed by atoms with Crippen molar-refractivity contribution in [2.24, 2.45) is 0 Å². The number of hydrogen-bond acceptors (Lipinski definition) is 1. The van der Waals surface area contributed by atoms with E-state index >= 15 is 0 Å². The first kappa shape index (κ1) is 10.7. The molecular formula is C15H16O. The maximum Gasteiger partial charge on any atom is 0.130 e. The lowest BCUT2D eigenvalue weighted by molar-refractivity contribution is 0.473. The quantitative estimate of drug-likeness (QED) is 0.735. The van der Waals surface area contributed by atoms with E-state index < -0.39 is 0 Å². The maximum atomic E-state index is 5.93. The fourth-order valence-electron chi connectivity index (χ4n) is 1.68. The number of ether oxygens (including phenoxy) is 1. The van der Waals surface area contributed by atoms with E-state index in [0.717, 1.165) is 23.5 Å². The third-order valence-corrected chi connectivity index (χ3v) is 2.67. The highest BCUT2D eigenvalue weighted by molar-refractivity contribution is 5.40. The van der Waals surface area contributed by atoms with Gasteiger partial charge >= 0.3 is 0 Å². The molecule has 0 aliphatic rings. The minimum atomic E-state index is 0.934. The molecule has 0 radical (unpaired) electrons. The summed E-state index contributed by atoms with van der Waals surface area (Å²) >= 11 is 0. The highest BCUT2D eigenvalue weighted by Crippen LogP contribution is 2.27. The molecule has 2 aromatic rings. The van der Waals surface area contributed by atoms with Crippen molar-refractivity contribution in [2.75, 3.05) is 0 Å². The molecule has 0 atom stereocenters. The second-order valence-corrected chi connectivity index (χ2v) is 3.83. The lowest BCUT2D eigenvalue weighted by Crippen LogP contribution is -1.91. The van der Waals surface area contributed by atoms with Crippen molar-refractivity contribution in [2.45, 2.75) is 20.3 Å². The van der Waals surface area contributed by atoms with Crippen LogP contribution < -0.4 is 4.74 Å². The zero-order chi connectivity index (χ0) is 11.4. The molecule has 0 N–H and O–H groups in total. The molecule has 0 amide bonds. The monoisotopic (exact) mass is 212 g/mol. The lowest BCUT2D eigenvalue weighted by Gasteiger charge is -2.11. The molecular weight excluding hydrogens is 196 g/mol. The fourth-order valence-corrected chi connectivity index (χ4v) is 1.68. The summed E-state index contributed by atoms with van der Waals surface area (Å²) < 4.78 is 5.93. The van der Waals surface area contributed by atoms with Gasteiger partial charge in [0.05, 0.1) is 0 Å². The molecule has 0 saturated carbocycles. The minimum Gasteiger partial charge on any atom is -0.457 e. The molecule has 16 heavy (non-hydrogen) atoms. The van der Waals surface area contributed by atoms with Crippen LogP contribution in [0.5, 0.6) is 11.5 Å². The highest BCUT2D eigenvalue weighted by atomic mass is 16.5. The van der Waals surface area contributed by atoms with Gasteiger partial charge in [-0.05, 0) is 36.6 Å². The first-order valence-corrected chi connectivity index (χ1v) is 5.62. The van der Waals surface area contributed by atoms with Crippen LogP contribution >= 0.6 is 0 Å². The number of hydrogen-bond donors (Lipinski definition) is 0. The molecule has 1 nitrogen and oxygen atoms in total. The van der Waals surface area contributed by atoms with Gasteiger partial charge in [0.25, 0.3) is 0 Å². The topological polar surface area (TPSA) is 9.23 Å². The van der Waals surface area contributed by atoms with Crippen molar-refractivity contribution in [1.82, 2.24) is 0 Å². The number of rotatable bonds is 3. The second-order valence-electron chi connectivity index (χ2n) is 3.83. The van der Waals surface area contributed by atoms with Crippen molar-refractivity contribution in [1.29, 1.82) is 0 Å². The fraction of sp³-hybridized carbons (Fsp3) is 0.200. The van der Waals surface area contributed by atoms with Gasteiger partial charge in [-0.1, -0.05) is 43.3 Å². The van der Waals surface area contributed by atoms with Gasteiger partial charge in [-0.2, -0.15) is 0 Å². The number of benzene rings is 2. The number of para-hydroxylation sites is 2. The first-order valence-electron chi connectivity index (χ1n) is 5.62. The lowest BCUT2D eigenvalue weighted by atomic mass is 10.1. The van der Waals surface area contributed by atoms with E-state index in [0.29, 0.717) is 0 Å². The largest absolute Gasteiger partial charge is 0.457 e. The molecule has 0 aromatic heterocycles. The van der Waals surface area contributed by atoms with Crippen LogP contribution in [0, 0.1) is 6.92 Å². The van der Waals surface area contributed by atoms with Crippen LogP contribution in [0.3, 0.4) is 0 Å². The van der Waals surface area contributed by atoms with E-state index in [1.54, 1.807) is 0 Å². The summed E-state index contributed by atoms with van der Waals surface area (Å²) in [5, 5.41) is 0. The average molecular weight is 212 g/mol. The molecule has 0 heterocycles. The van der Waals surface area contributed by atoms with Crippen molar-refractivity contribution < 1.29 is 4.74 Å². The molecule has 0 unspecified atom stereocenters. The Kier molecular flexibility index (Phi) is 3.25. The summed E-state index contributed by atoms with van der Waals surface area (Å²) in [7, 11) is 0. The van der Waals surface area contributed by atoms with E-state index in [1.165, 1.54) is 5.56 Å². The summed E-state index contributed by atoms with van der Waals surface area (Å²) in [6.45, 7) is 4.20. The SMILES string of the molecule is CCc1ccccc1Oc1ccccc1C. The predicted molar refractivity (Wildman–Crippen MR) is 67.1 cm³/mol.